The van der Waals surface area contributed by atoms with Crippen molar-refractivity contribution in [3.8, 4) is 0 Å². The van der Waals surface area contributed by atoms with E-state index in [4.69, 9.17) is 5.11 Å². The fourth-order valence-electron chi connectivity index (χ4n) is 2.18. The molecule has 124 valence electrons. The maximum Gasteiger partial charge on any atom is 0.352 e. The molecule has 0 saturated carbocycles. The van der Waals surface area contributed by atoms with Gasteiger partial charge in [0.25, 0.3) is 0 Å². The molecule has 2 rings (SSSR count). The van der Waals surface area contributed by atoms with E-state index < -0.39 is 21.8 Å². The van der Waals surface area contributed by atoms with Crippen molar-refractivity contribution in [1.82, 2.24) is 8.87 Å². The molecule has 0 fully saturated rings. The highest BCUT2D eigenvalue weighted by Crippen LogP contribution is 2.20. The largest absolute Gasteiger partial charge is 0.477 e. The first-order valence-electron chi connectivity index (χ1n) is 6.90. The Morgan fingerprint density at radius 3 is 2.39 bits per heavy atom. The fourth-order valence-corrected chi connectivity index (χ4v) is 3.38. The van der Waals surface area contributed by atoms with Gasteiger partial charge in [0, 0.05) is 26.3 Å². The molecule has 1 heterocycles. The number of sulfonamides is 1. The molecular weight excluding hydrogens is 323 g/mol. The summed E-state index contributed by atoms with van der Waals surface area (Å²) >= 11 is 0. The number of carboxylic acids is 1. The first kappa shape index (κ1) is 17.2. The molecule has 0 saturated heterocycles. The van der Waals surface area contributed by atoms with Crippen LogP contribution in [0.1, 0.15) is 23.0 Å². The van der Waals surface area contributed by atoms with Gasteiger partial charge in [-0.3, -0.25) is 0 Å². The SMILES string of the molecule is CCn1cc(S(=O)(=O)N(C)Cc2ccc(F)cc2)cc1C(=O)O. The number of benzene rings is 1. The van der Waals surface area contributed by atoms with Gasteiger partial charge in [0.05, 0.1) is 0 Å². The second-order valence-electron chi connectivity index (χ2n) is 5.04. The van der Waals surface area contributed by atoms with Crippen molar-refractivity contribution in [1.29, 1.82) is 0 Å². The van der Waals surface area contributed by atoms with Crippen LogP contribution in [0.5, 0.6) is 0 Å². The Labute approximate surface area is 133 Å². The van der Waals surface area contributed by atoms with Crippen LogP contribution in [-0.4, -0.2) is 35.4 Å². The lowest BCUT2D eigenvalue weighted by molar-refractivity contribution is 0.0685. The van der Waals surface area contributed by atoms with E-state index in [9.17, 15) is 17.6 Å². The number of aromatic nitrogens is 1. The van der Waals surface area contributed by atoms with Crippen LogP contribution < -0.4 is 0 Å². The van der Waals surface area contributed by atoms with Crippen molar-refractivity contribution in [3.63, 3.8) is 0 Å². The summed E-state index contributed by atoms with van der Waals surface area (Å²) in [6.07, 6.45) is 1.31. The molecule has 0 spiro atoms. The van der Waals surface area contributed by atoms with Crippen molar-refractivity contribution >= 4 is 16.0 Å². The van der Waals surface area contributed by atoms with Crippen LogP contribution in [0.4, 0.5) is 4.39 Å². The first-order valence-corrected chi connectivity index (χ1v) is 8.34. The minimum Gasteiger partial charge on any atom is -0.477 e. The molecule has 2 aromatic rings. The maximum absolute atomic E-state index is 12.9. The highest BCUT2D eigenvalue weighted by atomic mass is 32.2. The Bertz CT molecular complexity index is 813. The van der Waals surface area contributed by atoms with Crippen LogP contribution in [0.15, 0.2) is 41.4 Å². The van der Waals surface area contributed by atoms with Gasteiger partial charge in [0.1, 0.15) is 16.4 Å². The van der Waals surface area contributed by atoms with Crippen molar-refractivity contribution < 1.29 is 22.7 Å². The summed E-state index contributed by atoms with van der Waals surface area (Å²) in [5, 5.41) is 9.11. The predicted octanol–water partition coefficient (Wildman–Crippen LogP) is 2.17. The first-order chi connectivity index (χ1) is 10.8. The van der Waals surface area contributed by atoms with Crippen LogP contribution in [0, 0.1) is 5.82 Å². The Morgan fingerprint density at radius 2 is 1.91 bits per heavy atom. The zero-order chi connectivity index (χ0) is 17.2. The maximum atomic E-state index is 12.9. The van der Waals surface area contributed by atoms with Gasteiger partial charge in [-0.05, 0) is 30.7 Å². The second-order valence-corrected chi connectivity index (χ2v) is 7.08. The summed E-state index contributed by atoms with van der Waals surface area (Å²) in [6.45, 7) is 2.13. The van der Waals surface area contributed by atoms with Crippen LogP contribution in [0.3, 0.4) is 0 Å². The molecule has 1 aromatic heterocycles. The molecule has 8 heteroatoms. The summed E-state index contributed by atoms with van der Waals surface area (Å²) < 4.78 is 40.5. The topological polar surface area (TPSA) is 79.6 Å². The predicted molar refractivity (Wildman–Crippen MR) is 82.1 cm³/mol. The number of nitrogens with zero attached hydrogens (tertiary/aromatic N) is 2. The average molecular weight is 340 g/mol. The van der Waals surface area contributed by atoms with E-state index >= 15 is 0 Å². The molecule has 0 bridgehead atoms. The molecule has 0 aliphatic heterocycles. The lowest BCUT2D eigenvalue weighted by Crippen LogP contribution is -2.26. The van der Waals surface area contributed by atoms with Gasteiger partial charge in [-0.15, -0.1) is 0 Å². The third-order valence-electron chi connectivity index (χ3n) is 3.46. The normalized spacial score (nSPS) is 11.8. The van der Waals surface area contributed by atoms with Crippen molar-refractivity contribution in [3.05, 3.63) is 53.6 Å². The number of carbonyl (C=O) groups is 1. The quantitative estimate of drug-likeness (QED) is 0.874. The van der Waals surface area contributed by atoms with Crippen LogP contribution >= 0.6 is 0 Å². The summed E-state index contributed by atoms with van der Waals surface area (Å²) in [5.41, 5.74) is 0.548. The Balaban J connectivity index is 2.30. The van der Waals surface area contributed by atoms with E-state index in [1.165, 1.54) is 42.1 Å². The zero-order valence-electron chi connectivity index (χ0n) is 12.7. The smallest absolute Gasteiger partial charge is 0.352 e. The Hall–Kier alpha value is -2.19. The summed E-state index contributed by atoms with van der Waals surface area (Å²) in [4.78, 5) is 11.1. The molecule has 1 N–H and O–H groups in total. The number of hydrogen-bond acceptors (Lipinski definition) is 3. The van der Waals surface area contributed by atoms with E-state index in [1.54, 1.807) is 6.92 Å². The summed E-state index contributed by atoms with van der Waals surface area (Å²) in [6, 6.07) is 6.66. The fraction of sp³-hybridized carbons (Fsp3) is 0.267. The van der Waals surface area contributed by atoms with Crippen molar-refractivity contribution in [2.75, 3.05) is 7.05 Å². The summed E-state index contributed by atoms with van der Waals surface area (Å²) in [5.74, 6) is -1.58. The van der Waals surface area contributed by atoms with Gasteiger partial charge in [0.2, 0.25) is 10.0 Å². The molecular formula is C15H17FN2O4S. The number of rotatable bonds is 6. The number of carboxylic acid groups (broad SMARTS) is 1. The highest BCUT2D eigenvalue weighted by Gasteiger charge is 2.25. The molecule has 0 aliphatic carbocycles. The van der Waals surface area contributed by atoms with Gasteiger partial charge in [-0.2, -0.15) is 4.31 Å². The van der Waals surface area contributed by atoms with Gasteiger partial charge in [-0.1, -0.05) is 12.1 Å². The van der Waals surface area contributed by atoms with Crippen molar-refractivity contribution in [2.45, 2.75) is 24.9 Å². The average Bonchev–Trinajstić information content (AvgIpc) is 2.94. The minimum absolute atomic E-state index is 0.0579. The number of aromatic carboxylic acids is 1. The zero-order valence-corrected chi connectivity index (χ0v) is 13.5. The molecule has 0 atom stereocenters. The van der Waals surface area contributed by atoms with E-state index in [-0.39, 0.29) is 17.1 Å². The van der Waals surface area contributed by atoms with Crippen LogP contribution in [0.2, 0.25) is 0 Å². The van der Waals surface area contributed by atoms with Gasteiger partial charge < -0.3 is 9.67 Å². The third kappa shape index (κ3) is 3.59. The highest BCUT2D eigenvalue weighted by molar-refractivity contribution is 7.89. The molecule has 0 radical (unpaired) electrons. The second kappa shape index (κ2) is 6.51. The molecule has 6 nitrogen and oxygen atoms in total. The monoisotopic (exact) mass is 340 g/mol. The van der Waals surface area contributed by atoms with Gasteiger partial charge in [-0.25, -0.2) is 17.6 Å². The van der Waals surface area contributed by atoms with Gasteiger partial charge in [0.15, 0.2) is 0 Å². The van der Waals surface area contributed by atoms with Crippen LogP contribution in [0.25, 0.3) is 0 Å². The van der Waals surface area contributed by atoms with Crippen LogP contribution in [-0.2, 0) is 23.1 Å². The standard InChI is InChI=1S/C15H17FN2O4S/c1-3-18-10-13(8-14(18)15(19)20)23(21,22)17(2)9-11-4-6-12(16)7-5-11/h4-8,10H,3,9H2,1-2H3,(H,19,20). The molecule has 23 heavy (non-hydrogen) atoms. The minimum atomic E-state index is -3.84. The lowest BCUT2D eigenvalue weighted by Gasteiger charge is -2.16. The molecule has 1 aromatic carbocycles. The molecule has 0 amide bonds. The Kier molecular flexibility index (Phi) is 4.86. The summed E-state index contributed by atoms with van der Waals surface area (Å²) in [7, 11) is -2.45. The lowest BCUT2D eigenvalue weighted by atomic mass is 10.2. The Morgan fingerprint density at radius 1 is 1.30 bits per heavy atom. The van der Waals surface area contributed by atoms with Crippen molar-refractivity contribution in [2.24, 2.45) is 0 Å². The third-order valence-corrected chi connectivity index (χ3v) is 5.23. The van der Waals surface area contributed by atoms with E-state index in [1.807, 2.05) is 0 Å². The molecule has 0 aliphatic rings. The van der Waals surface area contributed by atoms with E-state index in [0.29, 0.717) is 12.1 Å². The number of aryl methyl sites for hydroxylation is 1. The van der Waals surface area contributed by atoms with E-state index in [0.717, 1.165) is 10.4 Å². The number of halogens is 1. The molecule has 0 unspecified atom stereocenters. The number of hydrogen-bond donors (Lipinski definition) is 1. The van der Waals surface area contributed by atoms with Gasteiger partial charge >= 0.3 is 5.97 Å². The van der Waals surface area contributed by atoms with E-state index in [2.05, 4.69) is 0 Å².